The summed E-state index contributed by atoms with van der Waals surface area (Å²) in [7, 11) is -4.58. The Morgan fingerprint density at radius 1 is 0.923 bits per heavy atom. The van der Waals surface area contributed by atoms with Gasteiger partial charge in [0.25, 0.3) is 27.5 Å². The molecule has 0 unspecified atom stereocenters. The van der Waals surface area contributed by atoms with E-state index < -0.39 is 31.4 Å². The second-order valence-electron chi connectivity index (χ2n) is 18.1. The van der Waals surface area contributed by atoms with Gasteiger partial charge in [0.15, 0.2) is 5.75 Å². The maximum absolute atomic E-state index is 14.4. The van der Waals surface area contributed by atoms with E-state index in [1.54, 1.807) is 12.1 Å². The summed E-state index contributed by atoms with van der Waals surface area (Å²) in [5.74, 6) is 0.377. The lowest BCUT2D eigenvalue weighted by atomic mass is 9.72. The van der Waals surface area contributed by atoms with Gasteiger partial charge in [0.1, 0.15) is 11.4 Å². The number of ether oxygens (including phenoxy) is 4. The highest BCUT2D eigenvalue weighted by Gasteiger charge is 2.33. The van der Waals surface area contributed by atoms with Gasteiger partial charge in [-0.1, -0.05) is 43.2 Å². The zero-order valence-corrected chi connectivity index (χ0v) is 38.2. The molecule has 2 saturated heterocycles. The Morgan fingerprint density at radius 3 is 2.48 bits per heavy atom. The lowest BCUT2D eigenvalue weighted by molar-refractivity contribution is -0.384. The first-order valence-electron chi connectivity index (χ1n) is 22.3. The average molecular weight is 929 g/mol. The molecule has 4 aromatic rings. The third-order valence-corrected chi connectivity index (χ3v) is 14.6. The summed E-state index contributed by atoms with van der Waals surface area (Å²) < 4.78 is 52.8. The number of hydrogen-bond donors (Lipinski definition) is 2. The molecule has 9 rings (SSSR count). The van der Waals surface area contributed by atoms with Crippen molar-refractivity contribution in [1.82, 2.24) is 14.6 Å². The topological polar surface area (TPSA) is 178 Å². The molecule has 344 valence electrons. The van der Waals surface area contributed by atoms with Crippen LogP contribution in [0.3, 0.4) is 0 Å². The molecule has 18 heteroatoms. The van der Waals surface area contributed by atoms with Crippen molar-refractivity contribution >= 4 is 61.5 Å². The quantitative estimate of drug-likeness (QED) is 0.103. The molecule has 2 N–H and O–H groups in total. The van der Waals surface area contributed by atoms with E-state index in [1.807, 2.05) is 29.2 Å². The van der Waals surface area contributed by atoms with Gasteiger partial charge in [0, 0.05) is 81.9 Å². The molecule has 5 heterocycles. The molecule has 1 aliphatic carbocycles. The van der Waals surface area contributed by atoms with Crippen molar-refractivity contribution in [2.75, 3.05) is 87.5 Å². The number of amides is 1. The van der Waals surface area contributed by atoms with E-state index in [9.17, 15) is 23.3 Å². The first-order valence-corrected chi connectivity index (χ1v) is 24.1. The van der Waals surface area contributed by atoms with Crippen LogP contribution in [0.15, 0.2) is 77.2 Å². The number of fused-ring (bicyclic) bond motifs is 2. The Morgan fingerprint density at radius 2 is 1.71 bits per heavy atom. The second-order valence-corrected chi connectivity index (χ2v) is 20.2. The number of benzene rings is 3. The first-order chi connectivity index (χ1) is 31.3. The van der Waals surface area contributed by atoms with Crippen molar-refractivity contribution in [3.63, 3.8) is 0 Å². The Bertz CT molecular complexity index is 2590. The van der Waals surface area contributed by atoms with Crippen LogP contribution < -0.4 is 34.0 Å². The van der Waals surface area contributed by atoms with Crippen LogP contribution >= 0.6 is 11.6 Å². The van der Waals surface area contributed by atoms with Gasteiger partial charge in [0.05, 0.1) is 27.7 Å². The average Bonchev–Trinajstić information content (AvgIpc) is 3.66. The minimum atomic E-state index is -4.58. The number of anilines is 4. The van der Waals surface area contributed by atoms with Crippen LogP contribution in [0.1, 0.15) is 68.3 Å². The minimum absolute atomic E-state index is 0.00106. The summed E-state index contributed by atoms with van der Waals surface area (Å²) in [6.45, 7) is 11.1. The number of carbonyl (C=O) groups is 1. The largest absolute Gasteiger partial charge is 0.476 e. The highest BCUT2D eigenvalue weighted by atomic mass is 35.5. The van der Waals surface area contributed by atoms with Crippen molar-refractivity contribution in [2.45, 2.75) is 57.3 Å². The van der Waals surface area contributed by atoms with E-state index in [0.717, 1.165) is 81.6 Å². The van der Waals surface area contributed by atoms with Crippen LogP contribution in [0, 0.1) is 21.4 Å². The summed E-state index contributed by atoms with van der Waals surface area (Å²) in [6, 6.07) is 18.9. The number of nitro groups is 1. The number of hydrogen-bond acceptors (Lipinski definition) is 14. The Balaban J connectivity index is 0.982. The molecule has 0 atom stereocenters. The maximum atomic E-state index is 14.4. The van der Waals surface area contributed by atoms with Crippen molar-refractivity contribution < 1.29 is 37.1 Å². The number of piperazine rings is 1. The normalized spacial score (nSPS) is 19.0. The van der Waals surface area contributed by atoms with Gasteiger partial charge in [-0.2, -0.15) is 4.98 Å². The second kappa shape index (κ2) is 18.7. The standard InChI is InChI=1S/C47H54ClN7O9S/c1-47(2)15-12-33(38(27-47)32-4-6-34(48)7-5-32)29-52-17-19-53(20-18-52)35-8-10-37(40(24-35)54-16-3-21-62-45-42(54)26-43-46(50-45)64-30-63-43)44(56)51-65(59,60)36-9-11-39(41(25-36)55(57)58)49-28-31-13-22-61-23-14-31/h4-11,24-26,31,49H,3,12-23,27-30H2,1-2H3,(H,51,56). The van der Waals surface area contributed by atoms with Gasteiger partial charge >= 0.3 is 0 Å². The van der Waals surface area contributed by atoms with E-state index in [-0.39, 0.29) is 29.4 Å². The molecule has 4 aliphatic heterocycles. The van der Waals surface area contributed by atoms with E-state index in [1.165, 1.54) is 28.8 Å². The zero-order valence-electron chi connectivity index (χ0n) is 36.6. The Hall–Kier alpha value is -5.62. The number of halogens is 1. The molecule has 0 radical (unpaired) electrons. The number of carbonyl (C=O) groups excluding carboxylic acids is 1. The van der Waals surface area contributed by atoms with Crippen molar-refractivity contribution in [1.29, 1.82) is 0 Å². The number of aromatic nitrogens is 1. The summed E-state index contributed by atoms with van der Waals surface area (Å²) >= 11 is 6.27. The number of nitrogens with one attached hydrogen (secondary N) is 2. The molecule has 65 heavy (non-hydrogen) atoms. The monoisotopic (exact) mass is 927 g/mol. The molecule has 0 spiro atoms. The molecule has 0 saturated carbocycles. The van der Waals surface area contributed by atoms with Crippen molar-refractivity contribution in [3.05, 3.63) is 98.6 Å². The number of pyridine rings is 1. The minimum Gasteiger partial charge on any atom is -0.476 e. The molecule has 16 nitrogen and oxygen atoms in total. The number of sulfonamides is 1. The molecule has 3 aromatic carbocycles. The molecular weight excluding hydrogens is 874 g/mol. The van der Waals surface area contributed by atoms with Crippen LogP contribution in [-0.4, -0.2) is 102 Å². The smallest absolute Gasteiger partial charge is 0.293 e. The fourth-order valence-corrected chi connectivity index (χ4v) is 10.4. The van der Waals surface area contributed by atoms with Gasteiger partial charge in [-0.25, -0.2) is 13.1 Å². The van der Waals surface area contributed by atoms with Crippen LogP contribution in [0.5, 0.6) is 17.5 Å². The van der Waals surface area contributed by atoms with Gasteiger partial charge in [-0.15, -0.1) is 0 Å². The van der Waals surface area contributed by atoms with Crippen molar-refractivity contribution in [2.24, 2.45) is 11.3 Å². The van der Waals surface area contributed by atoms with Crippen LogP contribution in [0.2, 0.25) is 5.02 Å². The predicted molar refractivity (Wildman–Crippen MR) is 248 cm³/mol. The van der Waals surface area contributed by atoms with Crippen LogP contribution in [0.4, 0.5) is 28.4 Å². The maximum Gasteiger partial charge on any atom is 0.293 e. The molecule has 2 fully saturated rings. The third-order valence-electron chi connectivity index (χ3n) is 13.0. The number of allylic oxidation sites excluding steroid dienone is 1. The number of nitrogens with zero attached hydrogens (tertiary/aromatic N) is 5. The molecule has 0 bridgehead atoms. The molecule has 1 amide bonds. The van der Waals surface area contributed by atoms with E-state index in [0.29, 0.717) is 68.2 Å². The summed E-state index contributed by atoms with van der Waals surface area (Å²) in [5, 5.41) is 16.0. The van der Waals surface area contributed by atoms with Gasteiger partial charge < -0.3 is 34.1 Å². The first kappa shape index (κ1) is 44.6. The molecular formula is C47H54ClN7O9S. The third kappa shape index (κ3) is 9.98. The summed E-state index contributed by atoms with van der Waals surface area (Å²) in [4.78, 5) is 36.8. The Kier molecular flexibility index (Phi) is 12.8. The number of rotatable bonds is 12. The van der Waals surface area contributed by atoms with E-state index >= 15 is 0 Å². The van der Waals surface area contributed by atoms with Gasteiger partial charge in [0.2, 0.25) is 12.7 Å². The van der Waals surface area contributed by atoms with Crippen molar-refractivity contribution in [3.8, 4) is 17.5 Å². The summed E-state index contributed by atoms with van der Waals surface area (Å²) in [6.07, 6.45) is 5.39. The fourth-order valence-electron chi connectivity index (χ4n) is 9.32. The summed E-state index contributed by atoms with van der Waals surface area (Å²) in [5.41, 5.74) is 6.02. The lowest BCUT2D eigenvalue weighted by Gasteiger charge is -2.39. The fraction of sp³-hybridized carbons (Fsp3) is 0.447. The highest BCUT2D eigenvalue weighted by Crippen LogP contribution is 2.46. The number of nitro benzene ring substituents is 1. The van der Waals surface area contributed by atoms with Gasteiger partial charge in [-0.05, 0) is 103 Å². The van der Waals surface area contributed by atoms with E-state index in [2.05, 4.69) is 50.8 Å². The van der Waals surface area contributed by atoms with Crippen LogP contribution in [-0.2, 0) is 14.8 Å². The molecule has 5 aliphatic rings. The highest BCUT2D eigenvalue weighted by molar-refractivity contribution is 7.90. The molecule has 1 aromatic heterocycles. The predicted octanol–water partition coefficient (Wildman–Crippen LogP) is 8.04. The van der Waals surface area contributed by atoms with Gasteiger partial charge in [-0.3, -0.25) is 19.8 Å². The van der Waals surface area contributed by atoms with Crippen LogP contribution in [0.25, 0.3) is 5.57 Å². The lowest BCUT2D eigenvalue weighted by Crippen LogP contribution is -2.47. The zero-order chi connectivity index (χ0) is 45.3. The van der Waals surface area contributed by atoms with E-state index in [4.69, 9.17) is 30.5 Å². The SMILES string of the molecule is CC1(C)CCC(CN2CCN(c3ccc(C(=O)NS(=O)(=O)c4ccc(NCC5CCOCC5)c([N+](=O)[O-])c4)c(N4CCCOc5nc6c(cc54)OCO6)c3)CC2)=C(c2ccc(Cl)cc2)C1. The Labute approximate surface area is 384 Å².